The molecule has 0 fully saturated rings. The van der Waals surface area contributed by atoms with Gasteiger partial charge in [-0.05, 0) is 29.8 Å². The molecule has 0 aromatic heterocycles. The predicted octanol–water partition coefficient (Wildman–Crippen LogP) is 4.54. The van der Waals surface area contributed by atoms with E-state index < -0.39 is 0 Å². The van der Waals surface area contributed by atoms with Crippen molar-refractivity contribution in [2.45, 2.75) is 6.42 Å². The van der Waals surface area contributed by atoms with E-state index in [4.69, 9.17) is 4.74 Å². The molecule has 3 heteroatoms. The van der Waals surface area contributed by atoms with Crippen molar-refractivity contribution in [1.82, 2.24) is 0 Å². The van der Waals surface area contributed by atoms with E-state index >= 15 is 0 Å². The van der Waals surface area contributed by atoms with Gasteiger partial charge in [0.25, 0.3) is 0 Å². The fourth-order valence-electron chi connectivity index (χ4n) is 1.64. The lowest BCUT2D eigenvalue weighted by atomic mass is 10.1. The Balaban J connectivity index is 1.95. The summed E-state index contributed by atoms with van der Waals surface area (Å²) in [5.41, 5.74) is 2.70. The first-order valence-electron chi connectivity index (χ1n) is 6.05. The van der Waals surface area contributed by atoms with Crippen molar-refractivity contribution in [2.24, 2.45) is 10.2 Å². The fourth-order valence-corrected chi connectivity index (χ4v) is 1.64. The van der Waals surface area contributed by atoms with Crippen LogP contribution in [-0.2, 0) is 6.42 Å². The largest absolute Gasteiger partial charge is 0.497 e. The number of hydrogen-bond acceptors (Lipinski definition) is 3. The lowest BCUT2D eigenvalue weighted by molar-refractivity contribution is 0.414. The Labute approximate surface area is 113 Å². The van der Waals surface area contributed by atoms with Crippen LogP contribution in [0.25, 0.3) is 0 Å². The van der Waals surface area contributed by atoms with Crippen molar-refractivity contribution < 1.29 is 4.74 Å². The molecule has 0 saturated carbocycles. The van der Waals surface area contributed by atoms with E-state index in [9.17, 15) is 0 Å². The minimum absolute atomic E-state index is 0.681. The summed E-state index contributed by atoms with van der Waals surface area (Å²) < 4.78 is 5.12. The highest BCUT2D eigenvalue weighted by atomic mass is 16.5. The Morgan fingerprint density at radius 3 is 2.37 bits per heavy atom. The third-order valence-corrected chi connectivity index (χ3v) is 2.63. The highest BCUT2D eigenvalue weighted by molar-refractivity contribution is 5.35. The van der Waals surface area contributed by atoms with Gasteiger partial charge in [-0.2, -0.15) is 10.2 Å². The number of ether oxygens (including phenoxy) is 1. The van der Waals surface area contributed by atoms with E-state index in [0.29, 0.717) is 6.42 Å². The molecule has 3 nitrogen and oxygen atoms in total. The van der Waals surface area contributed by atoms with Crippen LogP contribution in [0.4, 0.5) is 5.69 Å². The summed E-state index contributed by atoms with van der Waals surface area (Å²) in [5.74, 6) is 0.847. The average Bonchev–Trinajstić information content (AvgIpc) is 2.47. The predicted molar refractivity (Wildman–Crippen MR) is 76.8 cm³/mol. The molecule has 96 valence electrons. The van der Waals surface area contributed by atoms with Gasteiger partial charge in [-0.3, -0.25) is 0 Å². The molecule has 0 unspecified atom stereocenters. The second-order valence-corrected chi connectivity index (χ2v) is 4.13. The first-order valence-corrected chi connectivity index (χ1v) is 6.05. The number of nitrogens with zero attached hydrogens (tertiary/aromatic N) is 2. The molecular weight excluding hydrogens is 236 g/mol. The Kier molecular flexibility index (Phi) is 4.45. The van der Waals surface area contributed by atoms with E-state index in [1.54, 1.807) is 7.11 Å². The lowest BCUT2D eigenvalue weighted by Gasteiger charge is -2.02. The van der Waals surface area contributed by atoms with Crippen LogP contribution in [0.2, 0.25) is 0 Å². The maximum absolute atomic E-state index is 5.12. The molecule has 2 aromatic carbocycles. The molecule has 19 heavy (non-hydrogen) atoms. The molecule has 0 atom stereocenters. The molecule has 0 aliphatic rings. The quantitative estimate of drug-likeness (QED) is 0.719. The maximum Gasteiger partial charge on any atom is 0.118 e. The van der Waals surface area contributed by atoms with Crippen molar-refractivity contribution in [3.8, 4) is 5.75 Å². The molecule has 0 spiro atoms. The maximum atomic E-state index is 5.12. The third-order valence-electron chi connectivity index (χ3n) is 2.63. The molecule has 0 saturated heterocycles. The molecule has 0 radical (unpaired) electrons. The third kappa shape index (κ3) is 4.07. The average molecular weight is 252 g/mol. The van der Waals surface area contributed by atoms with E-state index in [1.165, 1.54) is 0 Å². The Hall–Kier alpha value is -2.42. The molecule has 2 aromatic rings. The smallest absolute Gasteiger partial charge is 0.118 e. The molecular formula is C16H16N2O. The number of rotatable bonds is 5. The minimum atomic E-state index is 0.681. The number of azo groups is 1. The standard InChI is InChI=1S/C16H16N2O/c1-13(17-18-15-6-4-3-5-7-15)12-14-8-10-16(19-2)11-9-14/h3-11H,1,12H2,2H3. The Morgan fingerprint density at radius 2 is 1.74 bits per heavy atom. The Morgan fingerprint density at radius 1 is 1.05 bits per heavy atom. The van der Waals surface area contributed by atoms with Gasteiger partial charge >= 0.3 is 0 Å². The first-order chi connectivity index (χ1) is 9.28. The van der Waals surface area contributed by atoms with Gasteiger partial charge < -0.3 is 4.74 Å². The molecule has 0 aliphatic heterocycles. The van der Waals surface area contributed by atoms with E-state index in [-0.39, 0.29) is 0 Å². The molecule has 0 N–H and O–H groups in total. The van der Waals surface area contributed by atoms with Crippen LogP contribution in [0.5, 0.6) is 5.75 Å². The molecule has 0 aliphatic carbocycles. The minimum Gasteiger partial charge on any atom is -0.497 e. The topological polar surface area (TPSA) is 34.0 Å². The van der Waals surface area contributed by atoms with Crippen LogP contribution < -0.4 is 4.74 Å². The van der Waals surface area contributed by atoms with Crippen molar-refractivity contribution >= 4 is 5.69 Å². The van der Waals surface area contributed by atoms with Gasteiger partial charge in [-0.15, -0.1) is 0 Å². The number of benzene rings is 2. The number of hydrogen-bond donors (Lipinski definition) is 0. The summed E-state index contributed by atoms with van der Waals surface area (Å²) >= 11 is 0. The van der Waals surface area contributed by atoms with Crippen molar-refractivity contribution in [2.75, 3.05) is 7.11 Å². The van der Waals surface area contributed by atoms with E-state index in [2.05, 4.69) is 16.8 Å². The zero-order valence-corrected chi connectivity index (χ0v) is 10.9. The van der Waals surface area contributed by atoms with Crippen LogP contribution in [0.15, 0.2) is 77.1 Å². The molecule has 0 bridgehead atoms. The lowest BCUT2D eigenvalue weighted by Crippen LogP contribution is -1.87. The van der Waals surface area contributed by atoms with Gasteiger partial charge in [-0.25, -0.2) is 0 Å². The normalized spacial score (nSPS) is 10.6. The van der Waals surface area contributed by atoms with E-state index in [0.717, 1.165) is 22.7 Å². The van der Waals surface area contributed by atoms with Crippen molar-refractivity contribution in [1.29, 1.82) is 0 Å². The second kappa shape index (κ2) is 6.50. The summed E-state index contributed by atoms with van der Waals surface area (Å²) in [6.07, 6.45) is 0.681. The van der Waals surface area contributed by atoms with Gasteiger partial charge in [0, 0.05) is 6.42 Å². The highest BCUT2D eigenvalue weighted by Crippen LogP contribution is 2.16. The second-order valence-electron chi connectivity index (χ2n) is 4.13. The molecule has 2 rings (SSSR count). The van der Waals surface area contributed by atoms with Crippen LogP contribution in [0.3, 0.4) is 0 Å². The Bertz CT molecular complexity index is 559. The molecule has 0 amide bonds. The van der Waals surface area contributed by atoms with E-state index in [1.807, 2.05) is 54.6 Å². The van der Waals surface area contributed by atoms with Gasteiger partial charge in [0.15, 0.2) is 0 Å². The first kappa shape index (κ1) is 13.0. The van der Waals surface area contributed by atoms with Gasteiger partial charge in [0.2, 0.25) is 0 Å². The summed E-state index contributed by atoms with van der Waals surface area (Å²) in [6, 6.07) is 17.5. The van der Waals surface area contributed by atoms with Crippen LogP contribution in [-0.4, -0.2) is 7.11 Å². The van der Waals surface area contributed by atoms with Gasteiger partial charge in [0.05, 0.1) is 18.5 Å². The monoisotopic (exact) mass is 252 g/mol. The van der Waals surface area contributed by atoms with Gasteiger partial charge in [0.1, 0.15) is 5.75 Å². The van der Waals surface area contributed by atoms with Gasteiger partial charge in [-0.1, -0.05) is 36.9 Å². The number of methoxy groups -OCH3 is 1. The number of allylic oxidation sites excluding steroid dienone is 1. The zero-order valence-electron chi connectivity index (χ0n) is 10.9. The summed E-state index contributed by atoms with van der Waals surface area (Å²) in [6.45, 7) is 3.92. The summed E-state index contributed by atoms with van der Waals surface area (Å²) in [7, 11) is 1.65. The van der Waals surface area contributed by atoms with Crippen molar-refractivity contribution in [3.63, 3.8) is 0 Å². The SMILES string of the molecule is C=C(Cc1ccc(OC)cc1)N=Nc1ccccc1. The van der Waals surface area contributed by atoms with Crippen LogP contribution >= 0.6 is 0 Å². The van der Waals surface area contributed by atoms with Crippen LogP contribution in [0.1, 0.15) is 5.56 Å². The summed E-state index contributed by atoms with van der Waals surface area (Å²) in [4.78, 5) is 0. The van der Waals surface area contributed by atoms with Crippen LogP contribution in [0, 0.1) is 0 Å². The highest BCUT2D eigenvalue weighted by Gasteiger charge is 1.97. The molecule has 0 heterocycles. The summed E-state index contributed by atoms with van der Waals surface area (Å²) in [5, 5.41) is 8.27. The fraction of sp³-hybridized carbons (Fsp3) is 0.125. The zero-order chi connectivity index (χ0) is 13.5. The van der Waals surface area contributed by atoms with Crippen molar-refractivity contribution in [3.05, 3.63) is 72.4 Å².